The van der Waals surface area contributed by atoms with Gasteiger partial charge in [0, 0.05) is 42.6 Å². The Bertz CT molecular complexity index is 3650. The summed E-state index contributed by atoms with van der Waals surface area (Å²) in [6.07, 6.45) is 5.11. The first-order chi connectivity index (χ1) is 48.5. The molecule has 6 nitrogen and oxygen atoms in total. The topological polar surface area (TPSA) is 74.9 Å². The largest absolute Gasteiger partial charge is 2.00 e. The van der Waals surface area contributed by atoms with Gasteiger partial charge in [-0.25, -0.2) is 0 Å². The van der Waals surface area contributed by atoms with E-state index in [1.165, 1.54) is 202 Å². The van der Waals surface area contributed by atoms with Crippen LogP contribution < -0.4 is 42.4 Å². The van der Waals surface area contributed by atoms with E-state index in [1.54, 1.807) is 0 Å². The predicted molar refractivity (Wildman–Crippen MR) is 458 cm³/mol. The van der Waals surface area contributed by atoms with Gasteiger partial charge in [0.15, 0.2) is 0 Å². The standard InChI is InChI=1S/2C42H49N2P2.2C4H8O.2Zn/c2*1-25-17-29(5)39(30(6)18-25)45(40-31(7)19-26(2)20-32(40)8)43-37-15-13-14-16-38(37)44-46(41-33(9)21-27(3)22-34(41)10)42-35(11)23-28(4)24-36(42)12;2*1-2-4-5-3-1;;/h2*13-24,45H,1-12H3;2*1-4H2;;/q2*-1;;;2*+2. The average Bonchev–Trinajstić information content (AvgIpc) is 0.802. The molecule has 104 heavy (non-hydrogen) atoms. The number of benzene rings is 10. The van der Waals surface area contributed by atoms with Crippen molar-refractivity contribution in [1.29, 1.82) is 0 Å². The Balaban J connectivity index is 0.000000251. The summed E-state index contributed by atoms with van der Waals surface area (Å²) in [5.74, 6) is 0. The molecule has 0 bridgehead atoms. The van der Waals surface area contributed by atoms with Crippen LogP contribution in [0.15, 0.2) is 146 Å². The molecule has 2 heterocycles. The van der Waals surface area contributed by atoms with Crippen LogP contribution in [0.4, 0.5) is 22.7 Å². The van der Waals surface area contributed by atoms with Crippen molar-refractivity contribution in [3.63, 3.8) is 0 Å². The predicted octanol–water partition coefficient (Wildman–Crippen LogP) is 24.0. The van der Waals surface area contributed by atoms with E-state index in [0.717, 1.165) is 49.2 Å². The molecule has 2 fully saturated rings. The molecule has 0 aliphatic carbocycles. The van der Waals surface area contributed by atoms with E-state index in [4.69, 9.17) is 29.8 Å². The van der Waals surface area contributed by atoms with Gasteiger partial charge in [-0.3, -0.25) is 0 Å². The third-order valence-electron chi connectivity index (χ3n) is 19.3. The molecule has 0 atom stereocenters. The summed E-state index contributed by atoms with van der Waals surface area (Å²) < 4.78 is 9.89. The molecule has 0 aromatic heterocycles. The third kappa shape index (κ3) is 21.4. The molecular weight excluding hydrogens is 1450 g/mol. The summed E-state index contributed by atoms with van der Waals surface area (Å²) in [5, 5.41) is 34.0. The molecule has 536 valence electrons. The Morgan fingerprint density at radius 2 is 0.404 bits per heavy atom. The van der Waals surface area contributed by atoms with Crippen LogP contribution in [0.3, 0.4) is 0 Å². The van der Waals surface area contributed by atoms with Crippen LogP contribution in [0.2, 0.25) is 0 Å². The van der Waals surface area contributed by atoms with Crippen molar-refractivity contribution in [2.24, 2.45) is 0 Å². The molecule has 10 aromatic carbocycles. The Labute approximate surface area is 658 Å². The number of hydrogen-bond donors (Lipinski definition) is 0. The van der Waals surface area contributed by atoms with Crippen molar-refractivity contribution in [1.82, 2.24) is 0 Å². The average molecular weight is 1560 g/mol. The monoisotopic (exact) mass is 1560 g/mol. The number of ether oxygens (including phenoxy) is 2. The molecule has 2 saturated heterocycles. The number of para-hydroxylation sites is 2. The van der Waals surface area contributed by atoms with Crippen LogP contribution >= 0.6 is 32.3 Å². The van der Waals surface area contributed by atoms with Crippen LogP contribution in [0.1, 0.15) is 159 Å². The number of nitrogens with zero attached hydrogens (tertiary/aromatic N) is 4. The van der Waals surface area contributed by atoms with E-state index in [9.17, 15) is 0 Å². The molecule has 0 amide bonds. The van der Waals surface area contributed by atoms with E-state index >= 15 is 0 Å². The van der Waals surface area contributed by atoms with Crippen molar-refractivity contribution in [3.05, 3.63) is 299 Å². The zero-order chi connectivity index (χ0) is 74.0. The molecule has 0 saturated carbocycles. The van der Waals surface area contributed by atoms with Gasteiger partial charge in [-0.2, -0.15) is 0 Å². The smallest absolute Gasteiger partial charge is 0.654 e. The van der Waals surface area contributed by atoms with Gasteiger partial charge in [0.1, 0.15) is 0 Å². The summed E-state index contributed by atoms with van der Waals surface area (Å²) in [6.45, 7) is 57.6. The molecule has 12 heteroatoms. The third-order valence-corrected chi connectivity index (χ3v) is 30.7. The minimum atomic E-state index is -1.56. The number of hydrogen-bond acceptors (Lipinski definition) is 2. The van der Waals surface area contributed by atoms with Gasteiger partial charge < -0.3 is 29.8 Å². The summed E-state index contributed by atoms with van der Waals surface area (Å²) in [7, 11) is -5.21. The first-order valence-corrected chi connectivity index (χ1v) is 42.2. The SMILES string of the molecule is C1CCOC1.C1CCOC1.Cc1cc(C)c(P([N-]c2ccccc2[N-][PH+](c2c(C)cc(C)cc2C)c2c(C)cc(C)cc2C)c2c(C)cc(C)cc2C)c(C)c1.Cc1cc(C)c(P([N-]c2ccccc2[N-][PH+](c2c(C)cc(C)cc2C)c2c(C)cc(C)cc2C)c2c(C)cc(C)cc2C)c(C)c1.[Zn+2].[Zn+2]. The maximum Gasteiger partial charge on any atom is 2.00 e. The quantitative estimate of drug-likeness (QED) is 0.0714. The summed E-state index contributed by atoms with van der Waals surface area (Å²) in [6, 6.07) is 54.3. The molecule has 0 N–H and O–H groups in total. The minimum absolute atomic E-state index is 0. The van der Waals surface area contributed by atoms with Gasteiger partial charge in [0.05, 0.1) is 21.2 Å². The van der Waals surface area contributed by atoms with E-state index in [0.29, 0.717) is 0 Å². The van der Waals surface area contributed by atoms with Crippen molar-refractivity contribution in [2.45, 2.75) is 192 Å². The second-order valence-electron chi connectivity index (χ2n) is 29.4. The molecule has 0 radical (unpaired) electrons. The first kappa shape index (κ1) is 85.5. The fourth-order valence-corrected chi connectivity index (χ4v) is 26.1. The summed E-state index contributed by atoms with van der Waals surface area (Å²) in [5.41, 5.74) is 35.3. The molecule has 2 aliphatic rings. The van der Waals surface area contributed by atoms with Crippen LogP contribution in [-0.4, -0.2) is 26.4 Å². The second kappa shape index (κ2) is 38.9. The molecule has 2 aliphatic heterocycles. The Morgan fingerprint density at radius 1 is 0.240 bits per heavy atom. The fraction of sp³-hybridized carbons (Fsp3) is 0.348. The second-order valence-corrected chi connectivity index (χ2v) is 36.7. The van der Waals surface area contributed by atoms with Crippen molar-refractivity contribution in [3.8, 4) is 0 Å². The maximum atomic E-state index is 5.78. The number of rotatable bonds is 16. The maximum absolute atomic E-state index is 5.78. The van der Waals surface area contributed by atoms with E-state index in [-0.39, 0.29) is 39.0 Å². The molecule has 10 aromatic rings. The molecule has 12 rings (SSSR count). The first-order valence-electron chi connectivity index (χ1n) is 36.7. The van der Waals surface area contributed by atoms with Crippen LogP contribution in [0, 0.1) is 166 Å². The Kier molecular flexibility index (Phi) is 32.0. The van der Waals surface area contributed by atoms with Crippen molar-refractivity contribution in [2.75, 3.05) is 26.4 Å². The molecule has 0 spiro atoms. The Morgan fingerprint density at radius 3 is 0.567 bits per heavy atom. The van der Waals surface area contributed by atoms with Crippen molar-refractivity contribution < 1.29 is 48.4 Å². The summed E-state index contributed by atoms with van der Waals surface area (Å²) in [4.78, 5) is 0. The van der Waals surface area contributed by atoms with Gasteiger partial charge in [0.2, 0.25) is 0 Å². The number of aryl methyl sites for hydroxylation is 24. The van der Waals surface area contributed by atoms with E-state index in [2.05, 4.69) is 312 Å². The summed E-state index contributed by atoms with van der Waals surface area (Å²) >= 11 is 0. The normalized spacial score (nSPS) is 12.4. The van der Waals surface area contributed by atoms with Crippen molar-refractivity contribution >= 4 is 97.5 Å². The zero-order valence-corrected chi connectivity index (χ0v) is 77.2. The minimum Gasteiger partial charge on any atom is -0.654 e. The van der Waals surface area contributed by atoms with Crippen LogP contribution in [0.25, 0.3) is 20.3 Å². The van der Waals surface area contributed by atoms with Gasteiger partial charge in [-0.05, 0) is 302 Å². The van der Waals surface area contributed by atoms with E-state index in [1.807, 2.05) is 0 Å². The van der Waals surface area contributed by atoms with Gasteiger partial charge in [0.25, 0.3) is 0 Å². The van der Waals surface area contributed by atoms with Gasteiger partial charge in [-0.1, -0.05) is 190 Å². The van der Waals surface area contributed by atoms with Crippen LogP contribution in [-0.2, 0) is 48.4 Å². The van der Waals surface area contributed by atoms with Gasteiger partial charge >= 0.3 is 39.0 Å². The van der Waals surface area contributed by atoms with Crippen LogP contribution in [0.5, 0.6) is 0 Å². The molecular formula is C92H114N4O2P4Zn2+2. The Hall–Kier alpha value is -5.71. The molecule has 0 unspecified atom stereocenters. The fourth-order valence-electron chi connectivity index (χ4n) is 15.9. The van der Waals surface area contributed by atoms with Gasteiger partial charge in [-0.15, -0.1) is 38.9 Å². The zero-order valence-electron chi connectivity index (χ0n) is 67.4. The van der Waals surface area contributed by atoms with E-state index < -0.39 is 32.3 Å².